The van der Waals surface area contributed by atoms with Crippen LogP contribution < -0.4 is 8.92 Å². The minimum Gasteiger partial charge on any atom is -0.490 e. The van der Waals surface area contributed by atoms with Gasteiger partial charge in [0.25, 0.3) is 0 Å². The van der Waals surface area contributed by atoms with Gasteiger partial charge in [-0.2, -0.15) is 13.7 Å². The molecule has 0 bridgehead atoms. The Kier molecular flexibility index (Phi) is 4.63. The van der Waals surface area contributed by atoms with Gasteiger partial charge >= 0.3 is 10.1 Å². The van der Waals surface area contributed by atoms with E-state index in [4.69, 9.17) is 14.2 Å². The number of nitrogens with zero attached hydrogens (tertiary/aromatic N) is 1. The smallest absolute Gasteiger partial charge is 0.339 e. The first kappa shape index (κ1) is 15.8. The molecule has 0 unspecified atom stereocenters. The molecule has 22 heavy (non-hydrogen) atoms. The van der Waals surface area contributed by atoms with Crippen molar-refractivity contribution in [3.8, 4) is 17.6 Å². The molecular formula is C15H12FNO4S. The standard InChI is InChI=1S/C15H12FNO4S/c1-2-20-14-5-3-4-6-15(14)21-22(18,19)12-7-8-13(16)11(9-12)10-17/h3-9H,2H2,1H3. The number of hydrogen-bond acceptors (Lipinski definition) is 5. The van der Waals surface area contributed by atoms with Crippen molar-refractivity contribution in [3.05, 3.63) is 53.8 Å². The molecule has 5 nitrogen and oxygen atoms in total. The van der Waals surface area contributed by atoms with E-state index in [2.05, 4.69) is 0 Å². The zero-order valence-electron chi connectivity index (χ0n) is 11.6. The highest BCUT2D eigenvalue weighted by Crippen LogP contribution is 2.29. The van der Waals surface area contributed by atoms with Gasteiger partial charge in [0.2, 0.25) is 0 Å². The van der Waals surface area contributed by atoms with Crippen molar-refractivity contribution in [2.24, 2.45) is 0 Å². The Morgan fingerprint density at radius 3 is 2.50 bits per heavy atom. The summed E-state index contributed by atoms with van der Waals surface area (Å²) >= 11 is 0. The zero-order valence-corrected chi connectivity index (χ0v) is 12.4. The van der Waals surface area contributed by atoms with Crippen LogP contribution in [0.2, 0.25) is 0 Å². The minimum atomic E-state index is -4.20. The molecule has 0 N–H and O–H groups in total. The molecular weight excluding hydrogens is 309 g/mol. The molecule has 0 radical (unpaired) electrons. The second-order valence-corrected chi connectivity index (χ2v) is 5.72. The fourth-order valence-corrected chi connectivity index (χ4v) is 2.67. The van der Waals surface area contributed by atoms with Gasteiger partial charge in [-0.3, -0.25) is 0 Å². The van der Waals surface area contributed by atoms with Gasteiger partial charge in [-0.05, 0) is 37.3 Å². The van der Waals surface area contributed by atoms with E-state index in [0.29, 0.717) is 6.61 Å². The lowest BCUT2D eigenvalue weighted by atomic mass is 10.2. The van der Waals surface area contributed by atoms with Gasteiger partial charge in [-0.15, -0.1) is 0 Å². The summed E-state index contributed by atoms with van der Waals surface area (Å²) in [5, 5.41) is 8.77. The molecule has 0 fully saturated rings. The van der Waals surface area contributed by atoms with Gasteiger partial charge in [0.05, 0.1) is 12.2 Å². The van der Waals surface area contributed by atoms with Crippen LogP contribution in [0.15, 0.2) is 47.4 Å². The summed E-state index contributed by atoms with van der Waals surface area (Å²) < 4.78 is 48.0. The zero-order chi connectivity index (χ0) is 16.2. The highest BCUT2D eigenvalue weighted by Gasteiger charge is 2.20. The van der Waals surface area contributed by atoms with Crippen molar-refractivity contribution in [2.75, 3.05) is 6.61 Å². The minimum absolute atomic E-state index is 0.0205. The number of nitriles is 1. The molecule has 0 spiro atoms. The predicted molar refractivity (Wildman–Crippen MR) is 76.5 cm³/mol. The molecule has 0 aliphatic rings. The summed E-state index contributed by atoms with van der Waals surface area (Å²) in [5.41, 5.74) is -0.372. The van der Waals surface area contributed by atoms with Crippen LogP contribution in [0.4, 0.5) is 4.39 Å². The molecule has 7 heteroatoms. The monoisotopic (exact) mass is 321 g/mol. The predicted octanol–water partition coefficient (Wildman–Crippen LogP) is 2.86. The van der Waals surface area contributed by atoms with Crippen molar-refractivity contribution in [3.63, 3.8) is 0 Å². The van der Waals surface area contributed by atoms with E-state index in [9.17, 15) is 12.8 Å². The van der Waals surface area contributed by atoms with Gasteiger partial charge < -0.3 is 8.92 Å². The Bertz CT molecular complexity index is 828. The highest BCUT2D eigenvalue weighted by molar-refractivity contribution is 7.87. The topological polar surface area (TPSA) is 76.4 Å². The first-order chi connectivity index (χ1) is 10.5. The normalized spacial score (nSPS) is 10.8. The maximum absolute atomic E-state index is 13.3. The molecule has 0 aliphatic heterocycles. The average molecular weight is 321 g/mol. The van der Waals surface area contributed by atoms with Crippen LogP contribution in [-0.2, 0) is 10.1 Å². The summed E-state index contributed by atoms with van der Waals surface area (Å²) in [6.07, 6.45) is 0. The lowest BCUT2D eigenvalue weighted by Crippen LogP contribution is -2.11. The van der Waals surface area contributed by atoms with E-state index in [-0.39, 0.29) is 22.0 Å². The average Bonchev–Trinajstić information content (AvgIpc) is 2.49. The van der Waals surface area contributed by atoms with Crippen LogP contribution >= 0.6 is 0 Å². The molecule has 0 heterocycles. The largest absolute Gasteiger partial charge is 0.490 e. The van der Waals surface area contributed by atoms with E-state index >= 15 is 0 Å². The molecule has 0 aliphatic carbocycles. The summed E-state index contributed by atoms with van der Waals surface area (Å²) in [6, 6.07) is 10.7. The first-order valence-electron chi connectivity index (χ1n) is 6.34. The van der Waals surface area contributed by atoms with Crippen LogP contribution in [0.5, 0.6) is 11.5 Å². The lowest BCUT2D eigenvalue weighted by Gasteiger charge is -2.11. The molecule has 0 saturated heterocycles. The van der Waals surface area contributed by atoms with Crippen LogP contribution in [0.3, 0.4) is 0 Å². The van der Waals surface area contributed by atoms with Crippen molar-refractivity contribution >= 4 is 10.1 Å². The van der Waals surface area contributed by atoms with Crippen molar-refractivity contribution in [1.82, 2.24) is 0 Å². The third-order valence-electron chi connectivity index (χ3n) is 2.70. The Balaban J connectivity index is 2.39. The molecule has 2 aromatic carbocycles. The second kappa shape index (κ2) is 6.45. The summed E-state index contributed by atoms with van der Waals surface area (Å²) in [4.78, 5) is -0.309. The van der Waals surface area contributed by atoms with Crippen LogP contribution in [0, 0.1) is 17.1 Å². The lowest BCUT2D eigenvalue weighted by molar-refractivity contribution is 0.327. The number of benzene rings is 2. The molecule has 2 rings (SSSR count). The molecule has 0 aromatic heterocycles. The number of ether oxygens (including phenoxy) is 1. The number of halogens is 1. The van der Waals surface area contributed by atoms with Gasteiger partial charge in [0.1, 0.15) is 16.8 Å². The van der Waals surface area contributed by atoms with E-state index in [1.54, 1.807) is 31.2 Å². The van der Waals surface area contributed by atoms with E-state index < -0.39 is 15.9 Å². The Labute approximate surface area is 127 Å². The summed E-state index contributed by atoms with van der Waals surface area (Å²) in [7, 11) is -4.20. The maximum atomic E-state index is 13.3. The number of para-hydroxylation sites is 2. The molecule has 0 saturated carbocycles. The van der Waals surface area contributed by atoms with Crippen molar-refractivity contribution in [1.29, 1.82) is 5.26 Å². The fraction of sp³-hybridized carbons (Fsp3) is 0.133. The van der Waals surface area contributed by atoms with Gasteiger partial charge in [0.15, 0.2) is 11.5 Å². The second-order valence-electron chi connectivity index (χ2n) is 4.17. The Morgan fingerprint density at radius 2 is 1.86 bits per heavy atom. The van der Waals surface area contributed by atoms with Gasteiger partial charge in [-0.1, -0.05) is 12.1 Å². The van der Waals surface area contributed by atoms with E-state index in [1.807, 2.05) is 0 Å². The highest BCUT2D eigenvalue weighted by atomic mass is 32.2. The molecule has 0 atom stereocenters. The van der Waals surface area contributed by atoms with Gasteiger partial charge in [0, 0.05) is 0 Å². The van der Waals surface area contributed by atoms with E-state index in [1.165, 1.54) is 6.07 Å². The van der Waals surface area contributed by atoms with Crippen LogP contribution in [-0.4, -0.2) is 15.0 Å². The van der Waals surface area contributed by atoms with Crippen LogP contribution in [0.1, 0.15) is 12.5 Å². The van der Waals surface area contributed by atoms with Crippen molar-refractivity contribution < 1.29 is 21.7 Å². The molecule has 114 valence electrons. The molecule has 0 amide bonds. The quantitative estimate of drug-likeness (QED) is 0.791. The SMILES string of the molecule is CCOc1ccccc1OS(=O)(=O)c1ccc(F)c(C#N)c1. The van der Waals surface area contributed by atoms with Crippen molar-refractivity contribution in [2.45, 2.75) is 11.8 Å². The summed E-state index contributed by atoms with van der Waals surface area (Å²) in [5.74, 6) is -0.500. The third-order valence-corrected chi connectivity index (χ3v) is 3.93. The Morgan fingerprint density at radius 1 is 1.18 bits per heavy atom. The third kappa shape index (κ3) is 3.35. The fourth-order valence-electron chi connectivity index (χ4n) is 1.71. The molecule has 2 aromatic rings. The first-order valence-corrected chi connectivity index (χ1v) is 7.74. The maximum Gasteiger partial charge on any atom is 0.339 e. The number of rotatable bonds is 5. The number of hydrogen-bond donors (Lipinski definition) is 0. The van der Waals surface area contributed by atoms with Crippen LogP contribution in [0.25, 0.3) is 0 Å². The summed E-state index contributed by atoms with van der Waals surface area (Å²) in [6.45, 7) is 2.10. The van der Waals surface area contributed by atoms with Gasteiger partial charge in [-0.25, -0.2) is 4.39 Å². The van der Waals surface area contributed by atoms with E-state index in [0.717, 1.165) is 18.2 Å². The Hall–Kier alpha value is -2.59.